The van der Waals surface area contributed by atoms with Crippen molar-refractivity contribution in [3.8, 4) is 16.5 Å². The first-order valence-electron chi connectivity index (χ1n) is 6.35. The van der Waals surface area contributed by atoms with Gasteiger partial charge in [-0.15, -0.1) is 11.3 Å². The molecule has 0 aliphatic rings. The lowest BCUT2D eigenvalue weighted by Gasteiger charge is -2.07. The Kier molecular flexibility index (Phi) is 3.87. The standard InChI is InChI=1S/C14H9F2N3O3S/c1-6-2-7(12-19-9(5-23-12)13(20)21)11-8(3-6)18-10(4-17-11)22-14(15)16/h2-5,14H,1H3,(H,20,21). The van der Waals surface area contributed by atoms with Crippen LogP contribution in [-0.4, -0.2) is 32.6 Å². The second kappa shape index (κ2) is 5.84. The van der Waals surface area contributed by atoms with Crippen molar-refractivity contribution in [3.63, 3.8) is 0 Å². The summed E-state index contributed by atoms with van der Waals surface area (Å²) < 4.78 is 28.8. The Labute approximate surface area is 132 Å². The van der Waals surface area contributed by atoms with E-state index in [-0.39, 0.29) is 11.6 Å². The molecule has 3 rings (SSSR count). The number of benzene rings is 1. The van der Waals surface area contributed by atoms with Crippen molar-refractivity contribution in [2.75, 3.05) is 0 Å². The van der Waals surface area contributed by atoms with Gasteiger partial charge in [0.05, 0.1) is 17.2 Å². The topological polar surface area (TPSA) is 85.2 Å². The number of nitrogens with zero attached hydrogens (tertiary/aromatic N) is 3. The largest absolute Gasteiger partial charge is 0.476 e. The lowest BCUT2D eigenvalue weighted by Crippen LogP contribution is -2.04. The molecule has 0 radical (unpaired) electrons. The van der Waals surface area contributed by atoms with E-state index in [0.717, 1.165) is 23.1 Å². The highest BCUT2D eigenvalue weighted by Gasteiger charge is 2.15. The third kappa shape index (κ3) is 3.09. The number of thiazole rings is 1. The Hall–Kier alpha value is -2.68. The maximum Gasteiger partial charge on any atom is 0.388 e. The smallest absolute Gasteiger partial charge is 0.388 e. The highest BCUT2D eigenvalue weighted by molar-refractivity contribution is 7.13. The second-order valence-corrected chi connectivity index (χ2v) is 5.47. The molecular formula is C14H9F2N3O3S. The van der Waals surface area contributed by atoms with E-state index in [1.807, 2.05) is 0 Å². The van der Waals surface area contributed by atoms with Crippen molar-refractivity contribution in [3.05, 3.63) is 35.0 Å². The second-order valence-electron chi connectivity index (χ2n) is 4.61. The number of aromatic carboxylic acids is 1. The number of hydrogen-bond acceptors (Lipinski definition) is 6. The summed E-state index contributed by atoms with van der Waals surface area (Å²) in [7, 11) is 0. The van der Waals surface area contributed by atoms with Gasteiger partial charge in [0.2, 0.25) is 5.88 Å². The van der Waals surface area contributed by atoms with Crippen molar-refractivity contribution >= 4 is 28.3 Å². The van der Waals surface area contributed by atoms with Gasteiger partial charge in [0.25, 0.3) is 0 Å². The van der Waals surface area contributed by atoms with Crippen LogP contribution in [0.1, 0.15) is 16.1 Å². The predicted octanol–water partition coefficient (Wildman–Crippen LogP) is 3.36. The van der Waals surface area contributed by atoms with E-state index in [9.17, 15) is 13.6 Å². The predicted molar refractivity (Wildman–Crippen MR) is 79.0 cm³/mol. The number of aromatic nitrogens is 3. The number of ether oxygens (including phenoxy) is 1. The summed E-state index contributed by atoms with van der Waals surface area (Å²) in [6.07, 6.45) is 1.10. The summed E-state index contributed by atoms with van der Waals surface area (Å²) >= 11 is 1.16. The average molecular weight is 337 g/mol. The van der Waals surface area contributed by atoms with E-state index >= 15 is 0 Å². The van der Waals surface area contributed by atoms with Gasteiger partial charge in [0.15, 0.2) is 5.69 Å². The molecule has 0 fully saturated rings. The molecule has 2 heterocycles. The number of carbonyl (C=O) groups is 1. The van der Waals surface area contributed by atoms with Crippen molar-refractivity contribution in [1.29, 1.82) is 0 Å². The fourth-order valence-corrected chi connectivity index (χ4v) is 2.87. The van der Waals surface area contributed by atoms with Crippen LogP contribution in [0.5, 0.6) is 5.88 Å². The molecule has 0 bridgehead atoms. The number of fused-ring (bicyclic) bond motifs is 1. The quantitative estimate of drug-likeness (QED) is 0.786. The molecule has 3 aromatic rings. The van der Waals surface area contributed by atoms with Crippen LogP contribution >= 0.6 is 11.3 Å². The third-order valence-electron chi connectivity index (χ3n) is 2.93. The van der Waals surface area contributed by atoms with E-state index < -0.39 is 12.6 Å². The average Bonchev–Trinajstić information content (AvgIpc) is 2.95. The molecule has 0 saturated carbocycles. The minimum atomic E-state index is -2.98. The lowest BCUT2D eigenvalue weighted by molar-refractivity contribution is -0.0528. The first-order chi connectivity index (χ1) is 10.9. The minimum Gasteiger partial charge on any atom is -0.476 e. The van der Waals surface area contributed by atoms with Crippen LogP contribution in [0, 0.1) is 6.92 Å². The molecule has 1 N–H and O–H groups in total. The molecular weight excluding hydrogens is 328 g/mol. The molecule has 6 nitrogen and oxygen atoms in total. The minimum absolute atomic E-state index is 0.0646. The first-order valence-corrected chi connectivity index (χ1v) is 7.23. The van der Waals surface area contributed by atoms with Crippen molar-refractivity contribution in [2.45, 2.75) is 13.5 Å². The molecule has 2 aromatic heterocycles. The van der Waals surface area contributed by atoms with Gasteiger partial charge in [0, 0.05) is 10.9 Å². The van der Waals surface area contributed by atoms with Gasteiger partial charge in [-0.25, -0.2) is 19.7 Å². The summed E-state index contributed by atoms with van der Waals surface area (Å²) in [5.41, 5.74) is 2.13. The Morgan fingerprint density at radius 1 is 1.35 bits per heavy atom. The highest BCUT2D eigenvalue weighted by Crippen LogP contribution is 2.31. The van der Waals surface area contributed by atoms with E-state index in [2.05, 4.69) is 19.7 Å². The monoisotopic (exact) mass is 337 g/mol. The third-order valence-corrected chi connectivity index (χ3v) is 3.81. The molecule has 23 heavy (non-hydrogen) atoms. The Morgan fingerprint density at radius 2 is 2.13 bits per heavy atom. The van der Waals surface area contributed by atoms with Crippen LogP contribution in [0.3, 0.4) is 0 Å². The molecule has 0 atom stereocenters. The Bertz CT molecular complexity index is 898. The number of halogens is 2. The zero-order valence-electron chi connectivity index (χ0n) is 11.7. The molecule has 0 amide bonds. The zero-order valence-corrected chi connectivity index (χ0v) is 12.5. The molecule has 0 aliphatic carbocycles. The lowest BCUT2D eigenvalue weighted by atomic mass is 10.1. The zero-order chi connectivity index (χ0) is 16.6. The van der Waals surface area contributed by atoms with Crippen LogP contribution in [0.15, 0.2) is 23.7 Å². The first kappa shape index (κ1) is 15.2. The Morgan fingerprint density at radius 3 is 2.78 bits per heavy atom. The summed E-state index contributed by atoms with van der Waals surface area (Å²) in [5, 5.41) is 10.9. The summed E-state index contributed by atoms with van der Waals surface area (Å²) in [6, 6.07) is 3.46. The van der Waals surface area contributed by atoms with Gasteiger partial charge >= 0.3 is 12.6 Å². The number of carboxylic acid groups (broad SMARTS) is 1. The van der Waals surface area contributed by atoms with Crippen LogP contribution in [0.2, 0.25) is 0 Å². The Balaban J connectivity index is 2.14. The van der Waals surface area contributed by atoms with Gasteiger partial charge < -0.3 is 9.84 Å². The fraction of sp³-hybridized carbons (Fsp3) is 0.143. The molecule has 0 unspecified atom stereocenters. The van der Waals surface area contributed by atoms with Gasteiger partial charge in [-0.05, 0) is 24.6 Å². The van der Waals surface area contributed by atoms with Crippen LogP contribution in [0.4, 0.5) is 8.78 Å². The SMILES string of the molecule is Cc1cc(-c2nc(C(=O)O)cs2)c2ncc(OC(F)F)nc2c1. The van der Waals surface area contributed by atoms with Crippen molar-refractivity contribution in [2.24, 2.45) is 0 Å². The summed E-state index contributed by atoms with van der Waals surface area (Å²) in [6.45, 7) is -1.18. The van der Waals surface area contributed by atoms with Crippen LogP contribution < -0.4 is 4.74 Å². The van der Waals surface area contributed by atoms with Crippen molar-refractivity contribution in [1.82, 2.24) is 15.0 Å². The normalized spacial score (nSPS) is 11.1. The van der Waals surface area contributed by atoms with Gasteiger partial charge in [-0.3, -0.25) is 0 Å². The van der Waals surface area contributed by atoms with Gasteiger partial charge in [0.1, 0.15) is 5.01 Å². The van der Waals surface area contributed by atoms with Crippen LogP contribution in [-0.2, 0) is 0 Å². The van der Waals surface area contributed by atoms with E-state index in [4.69, 9.17) is 5.11 Å². The van der Waals surface area contributed by atoms with E-state index in [0.29, 0.717) is 21.6 Å². The molecule has 0 aliphatic heterocycles. The number of aryl methyl sites for hydroxylation is 1. The molecule has 9 heteroatoms. The molecule has 1 aromatic carbocycles. The van der Waals surface area contributed by atoms with E-state index in [1.165, 1.54) is 5.38 Å². The summed E-state index contributed by atoms with van der Waals surface area (Å²) in [5.74, 6) is -1.41. The number of alkyl halides is 2. The number of rotatable bonds is 4. The highest BCUT2D eigenvalue weighted by atomic mass is 32.1. The van der Waals surface area contributed by atoms with Crippen LogP contribution in [0.25, 0.3) is 21.6 Å². The molecule has 0 spiro atoms. The maximum absolute atomic E-state index is 12.3. The fourth-order valence-electron chi connectivity index (χ4n) is 2.05. The number of hydrogen-bond donors (Lipinski definition) is 1. The molecule has 118 valence electrons. The van der Waals surface area contributed by atoms with Gasteiger partial charge in [-0.2, -0.15) is 8.78 Å². The van der Waals surface area contributed by atoms with E-state index in [1.54, 1.807) is 19.1 Å². The van der Waals surface area contributed by atoms with Gasteiger partial charge in [-0.1, -0.05) is 0 Å². The molecule has 0 saturated heterocycles. The number of carboxylic acids is 1. The van der Waals surface area contributed by atoms with Crippen molar-refractivity contribution < 1.29 is 23.4 Å². The summed E-state index contributed by atoms with van der Waals surface area (Å²) in [4.78, 5) is 23.1. The maximum atomic E-state index is 12.3.